The van der Waals surface area contributed by atoms with Crippen LogP contribution < -0.4 is 5.32 Å². The number of hydrogen-bond acceptors (Lipinski definition) is 8. The number of carbonyl (C=O) groups excluding carboxylic acids is 4. The Morgan fingerprint density at radius 2 is 1.77 bits per heavy atom. The molecule has 1 N–H and O–H groups in total. The molecule has 2 aliphatic rings. The van der Waals surface area contributed by atoms with E-state index in [9.17, 15) is 23.6 Å². The van der Waals surface area contributed by atoms with Crippen LogP contribution in [-0.2, 0) is 9.59 Å². The molecule has 2 aliphatic heterocycles. The van der Waals surface area contributed by atoms with Gasteiger partial charge < -0.3 is 0 Å². The number of hydrogen-bond donors (Lipinski definition) is 1. The van der Waals surface area contributed by atoms with Crippen molar-refractivity contribution in [1.29, 1.82) is 0 Å². The van der Waals surface area contributed by atoms with Crippen LogP contribution in [0.4, 0.5) is 4.39 Å². The lowest BCUT2D eigenvalue weighted by Crippen LogP contribution is -2.54. The van der Waals surface area contributed by atoms with Crippen molar-refractivity contribution in [3.63, 3.8) is 0 Å². The molecule has 1 fully saturated rings. The first-order chi connectivity index (χ1) is 14.9. The van der Waals surface area contributed by atoms with Crippen LogP contribution in [0.3, 0.4) is 0 Å². The number of aromatic nitrogens is 5. The third-order valence-electron chi connectivity index (χ3n) is 5.03. The summed E-state index contributed by atoms with van der Waals surface area (Å²) >= 11 is 0. The molecular weight excluding hydrogens is 409 g/mol. The Labute approximate surface area is 172 Å². The molecule has 1 aromatic carbocycles. The third-order valence-corrected chi connectivity index (χ3v) is 5.03. The monoisotopic (exact) mass is 421 g/mol. The van der Waals surface area contributed by atoms with Crippen LogP contribution in [0.5, 0.6) is 0 Å². The zero-order chi connectivity index (χ0) is 21.7. The lowest BCUT2D eigenvalue weighted by atomic mass is 10.0. The third kappa shape index (κ3) is 3.04. The molecule has 4 amide bonds. The Morgan fingerprint density at radius 3 is 2.52 bits per heavy atom. The van der Waals surface area contributed by atoms with E-state index in [2.05, 4.69) is 25.6 Å². The topological polar surface area (TPSA) is 140 Å². The molecule has 0 spiro atoms. The first kappa shape index (κ1) is 18.7. The van der Waals surface area contributed by atoms with Crippen LogP contribution >= 0.6 is 0 Å². The molecule has 154 valence electrons. The van der Waals surface area contributed by atoms with Gasteiger partial charge in [-0.3, -0.25) is 29.4 Å². The maximum atomic E-state index is 13.0. The number of imide groups is 2. The predicted octanol–water partition coefficient (Wildman–Crippen LogP) is 0.265. The quantitative estimate of drug-likeness (QED) is 0.594. The summed E-state index contributed by atoms with van der Waals surface area (Å²) in [6.45, 7) is 0. The lowest BCUT2D eigenvalue weighted by Gasteiger charge is -2.27. The van der Waals surface area contributed by atoms with Crippen LogP contribution in [0.2, 0.25) is 0 Å². The summed E-state index contributed by atoms with van der Waals surface area (Å²) in [4.78, 5) is 57.8. The molecule has 31 heavy (non-hydrogen) atoms. The van der Waals surface area contributed by atoms with Crippen LogP contribution in [0.1, 0.15) is 33.6 Å². The summed E-state index contributed by atoms with van der Waals surface area (Å²) in [5.41, 5.74) is 0.988. The van der Waals surface area contributed by atoms with Crippen molar-refractivity contribution >= 4 is 23.6 Å². The van der Waals surface area contributed by atoms with E-state index < -0.39 is 35.5 Å². The number of halogens is 1. The Morgan fingerprint density at radius 1 is 1.03 bits per heavy atom. The molecule has 11 nitrogen and oxygen atoms in total. The molecule has 5 rings (SSSR count). The summed E-state index contributed by atoms with van der Waals surface area (Å²) in [6.07, 6.45) is 3.62. The van der Waals surface area contributed by atoms with Gasteiger partial charge in [-0.15, -0.1) is 5.10 Å². The molecule has 3 aromatic rings. The first-order valence-electron chi connectivity index (χ1n) is 9.18. The van der Waals surface area contributed by atoms with Crippen molar-refractivity contribution in [2.24, 2.45) is 0 Å². The van der Waals surface area contributed by atoms with E-state index in [0.717, 1.165) is 17.3 Å². The predicted molar refractivity (Wildman–Crippen MR) is 99.0 cm³/mol. The number of piperidine rings is 1. The molecular formula is C19H12FN7O4. The molecule has 1 unspecified atom stereocenters. The highest BCUT2D eigenvalue weighted by atomic mass is 19.1. The number of rotatable bonds is 3. The largest absolute Gasteiger partial charge is 0.295 e. The van der Waals surface area contributed by atoms with Gasteiger partial charge in [-0.05, 0) is 24.6 Å². The molecule has 4 heterocycles. The Kier molecular flexibility index (Phi) is 4.13. The lowest BCUT2D eigenvalue weighted by molar-refractivity contribution is -0.136. The van der Waals surface area contributed by atoms with Gasteiger partial charge in [-0.2, -0.15) is 0 Å². The highest BCUT2D eigenvalue weighted by molar-refractivity contribution is 6.23. The average Bonchev–Trinajstić information content (AvgIpc) is 3.33. The maximum Gasteiger partial charge on any atom is 0.262 e. The minimum Gasteiger partial charge on any atom is -0.295 e. The van der Waals surface area contributed by atoms with E-state index in [-0.39, 0.29) is 35.5 Å². The van der Waals surface area contributed by atoms with Gasteiger partial charge in [0, 0.05) is 6.42 Å². The molecule has 0 bridgehead atoms. The van der Waals surface area contributed by atoms with Crippen LogP contribution in [0.15, 0.2) is 36.8 Å². The average molecular weight is 421 g/mol. The maximum absolute atomic E-state index is 13.0. The van der Waals surface area contributed by atoms with Gasteiger partial charge in [-0.1, -0.05) is 5.21 Å². The van der Waals surface area contributed by atoms with Crippen molar-refractivity contribution in [2.45, 2.75) is 18.9 Å². The molecule has 0 radical (unpaired) electrons. The Balaban J connectivity index is 1.45. The van der Waals surface area contributed by atoms with Gasteiger partial charge in [0.2, 0.25) is 11.8 Å². The standard InChI is InChI=1S/C19H12FN7O4/c20-9-6-21-16(22-7-9)13-8-26(25-24-13)10-1-2-11-12(5-10)19(31)27(18(11)30)14-3-4-15(28)23-17(14)29/h1-2,5-8,14H,3-4H2,(H,23,28,29). The van der Waals surface area contributed by atoms with Crippen LogP contribution in [0.25, 0.3) is 17.2 Å². The highest BCUT2D eigenvalue weighted by Crippen LogP contribution is 2.29. The number of benzene rings is 1. The first-order valence-corrected chi connectivity index (χ1v) is 9.18. The number of amides is 4. The van der Waals surface area contributed by atoms with Crippen LogP contribution in [-0.4, -0.2) is 59.5 Å². The van der Waals surface area contributed by atoms with Crippen molar-refractivity contribution < 1.29 is 23.6 Å². The Hall–Kier alpha value is -4.35. The summed E-state index contributed by atoms with van der Waals surface area (Å²) in [7, 11) is 0. The van der Waals surface area contributed by atoms with E-state index in [4.69, 9.17) is 0 Å². The number of fused-ring (bicyclic) bond motifs is 1. The van der Waals surface area contributed by atoms with Crippen molar-refractivity contribution in [3.8, 4) is 17.2 Å². The molecule has 1 saturated heterocycles. The van der Waals surface area contributed by atoms with Gasteiger partial charge in [-0.25, -0.2) is 19.0 Å². The van der Waals surface area contributed by atoms with Gasteiger partial charge in [0.25, 0.3) is 11.8 Å². The number of carbonyl (C=O) groups is 4. The van der Waals surface area contributed by atoms with Crippen molar-refractivity contribution in [1.82, 2.24) is 35.2 Å². The second-order valence-electron chi connectivity index (χ2n) is 6.95. The summed E-state index contributed by atoms with van der Waals surface area (Å²) in [5.74, 6) is -2.75. The Bertz CT molecular complexity index is 1270. The van der Waals surface area contributed by atoms with Gasteiger partial charge in [0.1, 0.15) is 6.04 Å². The highest BCUT2D eigenvalue weighted by Gasteiger charge is 2.44. The summed E-state index contributed by atoms with van der Waals surface area (Å²) < 4.78 is 14.4. The molecule has 2 aromatic heterocycles. The molecule has 12 heteroatoms. The summed E-state index contributed by atoms with van der Waals surface area (Å²) in [5, 5.41) is 10.1. The van der Waals surface area contributed by atoms with E-state index in [1.807, 2.05) is 0 Å². The zero-order valence-corrected chi connectivity index (χ0v) is 15.6. The fraction of sp³-hybridized carbons (Fsp3) is 0.158. The smallest absolute Gasteiger partial charge is 0.262 e. The summed E-state index contributed by atoms with van der Waals surface area (Å²) in [6, 6.07) is 3.46. The molecule has 0 aliphatic carbocycles. The second kappa shape index (κ2) is 6.86. The normalized spacial score (nSPS) is 18.4. The second-order valence-corrected chi connectivity index (χ2v) is 6.95. The van der Waals surface area contributed by atoms with E-state index >= 15 is 0 Å². The number of nitrogens with zero attached hydrogens (tertiary/aromatic N) is 6. The van der Waals surface area contributed by atoms with Gasteiger partial charge >= 0.3 is 0 Å². The fourth-order valence-electron chi connectivity index (χ4n) is 3.54. The number of nitrogens with one attached hydrogen (secondary N) is 1. The van der Waals surface area contributed by atoms with Crippen LogP contribution in [0, 0.1) is 5.82 Å². The van der Waals surface area contributed by atoms with Gasteiger partial charge in [0.15, 0.2) is 17.3 Å². The fourth-order valence-corrected chi connectivity index (χ4v) is 3.54. The zero-order valence-electron chi connectivity index (χ0n) is 15.6. The van der Waals surface area contributed by atoms with E-state index in [0.29, 0.717) is 5.69 Å². The molecule has 0 saturated carbocycles. The van der Waals surface area contributed by atoms with Crippen molar-refractivity contribution in [3.05, 3.63) is 53.7 Å². The van der Waals surface area contributed by atoms with E-state index in [1.165, 1.54) is 23.0 Å². The van der Waals surface area contributed by atoms with E-state index in [1.54, 1.807) is 6.07 Å². The minimum absolute atomic E-state index is 0.0439. The van der Waals surface area contributed by atoms with Crippen molar-refractivity contribution in [2.75, 3.05) is 0 Å². The SMILES string of the molecule is O=C1CCC(N2C(=O)c3ccc(-n4cc(-c5ncc(F)cn5)nn4)cc3C2=O)C(=O)N1. The van der Waals surface area contributed by atoms with Gasteiger partial charge in [0.05, 0.1) is 35.4 Å². The molecule has 1 atom stereocenters. The minimum atomic E-state index is -1.04.